The van der Waals surface area contributed by atoms with E-state index in [9.17, 15) is 0 Å². The van der Waals surface area contributed by atoms with Crippen LogP contribution in [0.15, 0.2) is 382 Å². The lowest BCUT2D eigenvalue weighted by molar-refractivity contribution is 0.567. The Hall–Kier alpha value is -17.9. The maximum Gasteiger partial charge on any atom is 0.0621 e. The first-order chi connectivity index (χ1) is 73.4. The fraction of sp³-hybridized carbons (Fsp3) is 0.129. The topological polar surface area (TPSA) is 46.7 Å². The monoisotopic (exact) mass is 1920 g/mol. The fourth-order valence-corrected chi connectivity index (χ4v) is 29.3. The number of fused-ring (bicyclic) bond motifs is 42. The van der Waals surface area contributed by atoms with Crippen LogP contribution >= 0.6 is 0 Å². The summed E-state index contributed by atoms with van der Waals surface area (Å²) in [6.45, 7) is 21.1. The van der Waals surface area contributed by atoms with Crippen molar-refractivity contribution >= 4 is 256 Å². The largest absolute Gasteiger partial charge is 0.312 e. The number of para-hydroxylation sites is 10. The minimum Gasteiger partial charge on any atom is -0.312 e. The Kier molecular flexibility index (Phi) is 16.2. The van der Waals surface area contributed by atoms with Gasteiger partial charge in [-0.3, -0.25) is 0 Å². The van der Waals surface area contributed by atoms with Crippen LogP contribution in [-0.4, -0.2) is 44.8 Å². The van der Waals surface area contributed by atoms with E-state index in [1.54, 1.807) is 11.1 Å². The standard InChI is InChI=1S/C54H42N4.C52H34N4.C34H26N2/c1-53(2,3)45-27-31-25-43-47(35-21-13-15-23-39(35)55(43)33-17-9-7-10-18-33)49-37-29-38-42(30-41(37)57(45)51(31)49)58-46(54(4,5)6)28-32-26-44-48(50(38)52(32)58)36-22-14-16-24-40(36)56(44)34-19-11-8-12-20-34;1-3-13-29(14-4-1)53-41-21-9-7-17-33(41)47-45(53)26-35-31-19-11-23-39(31)55-43-28-44-38(25-37(43)49(47)51(35)55)50-48-34-18-8-10-22-42(34)54(30-15-5-2-6-16-30)46(48)27-36-32-20-12-24-40(32)56(44)52(36)50;1-34(2,3)30-20-23-19-29-31(25-15-9-10-16-27(25)35(29)24-13-5-4-6-14-24)32-26-17-21-11-7-8-12-22(21)18-28(26)36(30)33(23)32/h7-30H,1-6H3;1-10,13-18,21-22,25-28H,11-12,19-20,23-24H2;4-20H,1-3H3. The highest BCUT2D eigenvalue weighted by molar-refractivity contribution is 6.41. The Morgan fingerprint density at radius 1 is 0.160 bits per heavy atom. The first-order valence-electron chi connectivity index (χ1n) is 53.7. The second kappa shape index (κ2) is 29.1. The average Bonchev–Trinajstić information content (AvgIpc) is 1.49. The van der Waals surface area contributed by atoms with E-state index in [0.717, 1.165) is 25.7 Å². The summed E-state index contributed by atoms with van der Waals surface area (Å²) in [4.78, 5) is 0. The van der Waals surface area contributed by atoms with Gasteiger partial charge in [-0.1, -0.05) is 269 Å². The third-order valence-electron chi connectivity index (χ3n) is 35.1. The Balaban J connectivity index is 0.0000000984. The third kappa shape index (κ3) is 10.7. The van der Waals surface area contributed by atoms with Crippen LogP contribution < -0.4 is 0 Å². The summed E-state index contributed by atoms with van der Waals surface area (Å²) in [7, 11) is 0. The predicted octanol–water partition coefficient (Wildman–Crippen LogP) is 36.6. The SMILES string of the molecule is CC(C)(C)c1cc2cc3c(c4ccccc4n3-c3ccccc3)c3c4cc5c6c7c8ccccc8n(-c8ccccc8)c7cc7cc(C(C)(C)C)n(c5cc4n1c23)c76.CC(C)(C)c1cc2cc3c(c4ccccc4n3-c3ccccc3)c3c4cc5ccccc5cc4n1c23.c1ccc(-n2c3ccccc3c3c4c5cc6c7c8c9ccccc9n(-c9ccccc9)c8cc8c9c(n(c6cc5n5c6c(c(cc32)c45)CCC6)c87)CCC9)cc1. The average molecular weight is 1920 g/mol. The molecule has 0 saturated heterocycles. The molecular weight excluding hydrogens is 1820 g/mol. The lowest BCUT2D eigenvalue weighted by Gasteiger charge is -2.19. The number of aromatic nitrogens is 10. The number of benzene rings is 19. The molecule has 0 unspecified atom stereocenters. The van der Waals surface area contributed by atoms with Gasteiger partial charge in [0.1, 0.15) is 0 Å². The zero-order valence-electron chi connectivity index (χ0n) is 85.1. The molecule has 34 aromatic rings. The van der Waals surface area contributed by atoms with Crippen molar-refractivity contribution in [2.24, 2.45) is 0 Å². The zero-order chi connectivity index (χ0) is 99.1. The molecule has 0 N–H and O–H groups in total. The molecule has 15 heterocycles. The van der Waals surface area contributed by atoms with E-state index in [1.165, 1.54) is 326 Å². The van der Waals surface area contributed by atoms with Crippen LogP contribution in [0, 0.1) is 0 Å². The van der Waals surface area contributed by atoms with Gasteiger partial charge in [-0.15, -0.1) is 0 Å². The number of aryl methyl sites for hydroxylation is 4. The van der Waals surface area contributed by atoms with Gasteiger partial charge in [0.15, 0.2) is 0 Å². The summed E-state index contributed by atoms with van der Waals surface area (Å²) < 4.78 is 25.6. The first-order valence-corrected chi connectivity index (χ1v) is 53.7. The molecule has 0 saturated carbocycles. The molecule has 19 aromatic carbocycles. The van der Waals surface area contributed by atoms with Gasteiger partial charge in [0.25, 0.3) is 0 Å². The normalized spacial score (nSPS) is 13.7. The summed E-state index contributed by atoms with van der Waals surface area (Å²) in [5.74, 6) is 0. The minimum atomic E-state index is -0.0793. The van der Waals surface area contributed by atoms with Crippen molar-refractivity contribution in [1.82, 2.24) is 44.8 Å². The van der Waals surface area contributed by atoms with Crippen molar-refractivity contribution < 1.29 is 0 Å². The highest BCUT2D eigenvalue weighted by Gasteiger charge is 2.38. The van der Waals surface area contributed by atoms with Crippen LogP contribution in [0.1, 0.15) is 115 Å². The zero-order valence-corrected chi connectivity index (χ0v) is 85.1. The van der Waals surface area contributed by atoms with Crippen molar-refractivity contribution in [2.75, 3.05) is 0 Å². The first kappa shape index (κ1) is 83.3. The lowest BCUT2D eigenvalue weighted by atomic mass is 9.91. The molecule has 2 aliphatic carbocycles. The number of rotatable bonds is 5. The molecule has 0 spiro atoms. The van der Waals surface area contributed by atoms with E-state index in [1.807, 2.05) is 0 Å². The van der Waals surface area contributed by atoms with Gasteiger partial charge >= 0.3 is 0 Å². The van der Waals surface area contributed by atoms with Crippen molar-refractivity contribution in [2.45, 2.75) is 117 Å². The molecule has 0 atom stereocenters. The molecule has 712 valence electrons. The van der Waals surface area contributed by atoms with Gasteiger partial charge in [-0.05, 0) is 236 Å². The number of hydrogen-bond donors (Lipinski definition) is 0. The minimum absolute atomic E-state index is 0.0189. The van der Waals surface area contributed by atoms with Crippen LogP contribution in [0.2, 0.25) is 0 Å². The smallest absolute Gasteiger partial charge is 0.0621 e. The molecule has 10 nitrogen and oxygen atoms in total. The molecule has 0 radical (unpaired) electrons. The Morgan fingerprint density at radius 2 is 0.393 bits per heavy atom. The Bertz CT molecular complexity index is 11400. The van der Waals surface area contributed by atoms with Crippen molar-refractivity contribution in [3.63, 3.8) is 0 Å². The van der Waals surface area contributed by atoms with Gasteiger partial charge in [0, 0.05) is 208 Å². The van der Waals surface area contributed by atoms with Crippen LogP contribution in [-0.2, 0) is 41.9 Å². The molecular formula is C140H102N10. The van der Waals surface area contributed by atoms with Gasteiger partial charge in [0.05, 0.1) is 110 Å². The molecule has 0 amide bonds. The molecule has 36 rings (SSSR count). The van der Waals surface area contributed by atoms with E-state index in [0.29, 0.717) is 0 Å². The Labute approximate surface area is 861 Å². The van der Waals surface area contributed by atoms with E-state index < -0.39 is 0 Å². The predicted molar refractivity (Wildman–Crippen MR) is 634 cm³/mol. The Morgan fingerprint density at radius 3 is 0.687 bits per heavy atom. The van der Waals surface area contributed by atoms with Crippen LogP contribution in [0.3, 0.4) is 0 Å². The summed E-state index contributed by atoms with van der Waals surface area (Å²) in [6.07, 6.45) is 7.00. The molecule has 10 heteroatoms. The second-order valence-corrected chi connectivity index (χ2v) is 46.3. The summed E-state index contributed by atoms with van der Waals surface area (Å²) in [5, 5.41) is 36.2. The maximum absolute atomic E-state index is 2.71. The second-order valence-electron chi connectivity index (χ2n) is 46.3. The maximum atomic E-state index is 2.71. The van der Waals surface area contributed by atoms with Gasteiger partial charge < -0.3 is 44.8 Å². The summed E-state index contributed by atoms with van der Waals surface area (Å²) in [5.41, 5.74) is 42.0. The van der Waals surface area contributed by atoms with Crippen LogP contribution in [0.25, 0.3) is 284 Å². The molecule has 150 heavy (non-hydrogen) atoms. The van der Waals surface area contributed by atoms with E-state index in [4.69, 9.17) is 0 Å². The molecule has 0 fully saturated rings. The van der Waals surface area contributed by atoms with Crippen molar-refractivity contribution in [3.8, 4) is 28.4 Å². The number of hydrogen-bond acceptors (Lipinski definition) is 0. The summed E-state index contributed by atoms with van der Waals surface area (Å²) >= 11 is 0. The quantitative estimate of drug-likeness (QED) is 0.165. The number of nitrogens with zero attached hydrogens (tertiary/aromatic N) is 10. The van der Waals surface area contributed by atoms with Gasteiger partial charge in [-0.25, -0.2) is 0 Å². The molecule has 0 aliphatic heterocycles. The van der Waals surface area contributed by atoms with Crippen molar-refractivity contribution in [3.05, 3.63) is 422 Å². The van der Waals surface area contributed by atoms with E-state index in [2.05, 4.69) is 489 Å². The van der Waals surface area contributed by atoms with Gasteiger partial charge in [-0.2, -0.15) is 0 Å². The van der Waals surface area contributed by atoms with Gasteiger partial charge in [0.2, 0.25) is 0 Å². The van der Waals surface area contributed by atoms with Crippen LogP contribution in [0.5, 0.6) is 0 Å². The third-order valence-corrected chi connectivity index (χ3v) is 35.1. The highest BCUT2D eigenvalue weighted by atomic mass is 15.1. The molecule has 2 aliphatic rings. The molecule has 0 bridgehead atoms. The molecule has 15 aromatic heterocycles. The highest BCUT2D eigenvalue weighted by Crippen LogP contribution is 2.58. The van der Waals surface area contributed by atoms with E-state index in [-0.39, 0.29) is 16.2 Å². The summed E-state index contributed by atoms with van der Waals surface area (Å²) in [6, 6.07) is 143. The lowest BCUT2D eigenvalue weighted by Crippen LogP contribution is -2.14. The fourth-order valence-electron chi connectivity index (χ4n) is 29.3. The van der Waals surface area contributed by atoms with Crippen molar-refractivity contribution in [1.29, 1.82) is 0 Å². The van der Waals surface area contributed by atoms with Crippen LogP contribution in [0.4, 0.5) is 0 Å². The van der Waals surface area contributed by atoms with E-state index >= 15 is 0 Å².